The lowest BCUT2D eigenvalue weighted by atomic mass is 10.2. The van der Waals surface area contributed by atoms with Crippen LogP contribution in [0.15, 0.2) is 48.5 Å². The van der Waals surface area contributed by atoms with E-state index in [1.807, 2.05) is 48.5 Å². The number of H-pyrrole nitrogens is 2. The number of aromatic nitrogens is 4. The summed E-state index contributed by atoms with van der Waals surface area (Å²) in [4.78, 5) is 0. The summed E-state index contributed by atoms with van der Waals surface area (Å²) in [6.07, 6.45) is 0. The number of rotatable bonds is 4. The summed E-state index contributed by atoms with van der Waals surface area (Å²) in [5.74, 6) is 23.8. The van der Waals surface area contributed by atoms with Crippen LogP contribution < -0.4 is 80.1 Å². The Morgan fingerprint density at radius 2 is 0.867 bits per heavy atom. The highest BCUT2D eigenvalue weighted by Gasteiger charge is 2.11. The van der Waals surface area contributed by atoms with E-state index in [0.717, 1.165) is 21.5 Å². The normalized spacial score (nSPS) is 9.47. The van der Waals surface area contributed by atoms with Crippen molar-refractivity contribution in [3.63, 3.8) is 0 Å². The molecule has 0 spiro atoms. The van der Waals surface area contributed by atoms with E-state index in [-0.39, 0.29) is 24.8 Å². The number of hydrogen-bond acceptors (Lipinski definition) is 10. The molecule has 0 aliphatic carbocycles. The zero-order chi connectivity index (χ0) is 19.9. The molecule has 0 aliphatic heterocycles. The lowest BCUT2D eigenvalue weighted by molar-refractivity contribution is -0.436. The molecule has 0 aliphatic rings. The number of halogens is 2. The number of nitrogens with two attached hydrogens (primary N) is 4. The van der Waals surface area contributed by atoms with Crippen molar-refractivity contribution in [3.8, 4) is 0 Å². The van der Waals surface area contributed by atoms with Gasteiger partial charge in [-0.05, 0) is 12.1 Å². The van der Waals surface area contributed by atoms with Crippen molar-refractivity contribution >= 4 is 44.8 Å². The van der Waals surface area contributed by atoms with Gasteiger partial charge in [-0.15, -0.1) is 10.2 Å². The molecule has 14 heteroatoms. The van der Waals surface area contributed by atoms with Crippen molar-refractivity contribution in [2.45, 2.75) is 0 Å². The number of aromatic amines is 2. The number of nitrogens with one attached hydrogen (secondary N) is 6. The fourth-order valence-electron chi connectivity index (χ4n) is 2.72. The number of hydrogen-bond donors (Lipinski definition) is 8. The zero-order valence-corrected chi connectivity index (χ0v) is 17.1. The van der Waals surface area contributed by atoms with Gasteiger partial charge in [0.25, 0.3) is 0 Å². The molecule has 0 amide bonds. The third kappa shape index (κ3) is 5.01. The lowest BCUT2D eigenvalue weighted by Gasteiger charge is -2.02. The molecule has 12 nitrogen and oxygen atoms in total. The van der Waals surface area contributed by atoms with E-state index < -0.39 is 0 Å². The Balaban J connectivity index is 0.000000281. The molecule has 4 aromatic rings. The largest absolute Gasteiger partial charge is 1.00 e. The van der Waals surface area contributed by atoms with Gasteiger partial charge in [0.15, 0.2) is 11.6 Å². The molecule has 0 radical (unpaired) electrons. The van der Waals surface area contributed by atoms with Crippen molar-refractivity contribution in [1.29, 1.82) is 0 Å². The molecular weight excluding hydrogens is 431 g/mol. The Labute approximate surface area is 183 Å². The second-order valence-electron chi connectivity index (χ2n) is 5.56. The summed E-state index contributed by atoms with van der Waals surface area (Å²) in [6.45, 7) is 0. The van der Waals surface area contributed by atoms with Gasteiger partial charge in [0, 0.05) is 10.8 Å². The first-order valence-corrected chi connectivity index (χ1v) is 8.20. The predicted molar refractivity (Wildman–Crippen MR) is 108 cm³/mol. The van der Waals surface area contributed by atoms with Crippen LogP contribution in [0.25, 0.3) is 21.5 Å². The minimum atomic E-state index is 0. The topological polar surface area (TPSA) is 206 Å². The van der Waals surface area contributed by atoms with Gasteiger partial charge >= 0.3 is 11.6 Å². The summed E-state index contributed by atoms with van der Waals surface area (Å²) >= 11 is 0. The van der Waals surface area contributed by atoms with E-state index in [4.69, 9.17) is 23.4 Å². The third-order valence-electron chi connectivity index (χ3n) is 4.02. The second-order valence-corrected chi connectivity index (χ2v) is 5.56. The van der Waals surface area contributed by atoms with Crippen LogP contribution >= 0.6 is 0 Å². The van der Waals surface area contributed by atoms with Crippen LogP contribution in [-0.4, -0.2) is 10.2 Å². The Kier molecular flexibility index (Phi) is 9.64. The molecule has 30 heavy (non-hydrogen) atoms. The van der Waals surface area contributed by atoms with Crippen LogP contribution in [0.2, 0.25) is 0 Å². The molecule has 0 saturated carbocycles. The van der Waals surface area contributed by atoms with Gasteiger partial charge in [0.2, 0.25) is 0 Å². The first-order chi connectivity index (χ1) is 13.7. The summed E-state index contributed by atoms with van der Waals surface area (Å²) < 4.78 is 0. The maximum absolute atomic E-state index is 5.33. The molecule has 0 bridgehead atoms. The molecule has 2 heterocycles. The summed E-state index contributed by atoms with van der Waals surface area (Å²) in [5.41, 5.74) is 10.1. The monoisotopic (exact) mass is 452 g/mol. The van der Waals surface area contributed by atoms with E-state index in [9.17, 15) is 0 Å². The zero-order valence-electron chi connectivity index (χ0n) is 15.6. The maximum Gasteiger partial charge on any atom is 0.318 e. The van der Waals surface area contributed by atoms with Crippen molar-refractivity contribution < 1.29 is 35.0 Å². The SMILES string of the molecule is NNc1n[nH+]c(NN)c2ccccc12.NNc1n[nH+]c(NN)c2ccccc12.[Cl-].[Cl-]. The fraction of sp³-hybridized carbons (Fsp3) is 0. The minimum absolute atomic E-state index is 0. The highest BCUT2D eigenvalue weighted by molar-refractivity contribution is 5.97. The van der Waals surface area contributed by atoms with E-state index >= 15 is 0 Å². The molecule has 2 aromatic carbocycles. The molecule has 14 N–H and O–H groups in total. The predicted octanol–water partition coefficient (Wildman–Crippen LogP) is -6.75. The summed E-state index contributed by atoms with van der Waals surface area (Å²) in [6, 6.07) is 15.3. The molecular formula is C16H22Cl2N12. The quantitative estimate of drug-likeness (QED) is 0.108. The number of hydrazine groups is 4. The lowest BCUT2D eigenvalue weighted by Crippen LogP contribution is -3.00. The molecule has 0 fully saturated rings. The van der Waals surface area contributed by atoms with Gasteiger partial charge in [0.05, 0.1) is 10.8 Å². The maximum atomic E-state index is 5.33. The molecule has 0 atom stereocenters. The van der Waals surface area contributed by atoms with Gasteiger partial charge in [-0.1, -0.05) is 46.6 Å². The van der Waals surface area contributed by atoms with Crippen molar-refractivity contribution in [1.82, 2.24) is 10.2 Å². The molecule has 0 saturated heterocycles. The van der Waals surface area contributed by atoms with Crippen LogP contribution in [-0.2, 0) is 0 Å². The number of benzene rings is 2. The number of fused-ring (bicyclic) bond motifs is 2. The Morgan fingerprint density at radius 1 is 0.533 bits per heavy atom. The first-order valence-electron chi connectivity index (χ1n) is 8.20. The van der Waals surface area contributed by atoms with E-state index in [1.165, 1.54) is 0 Å². The van der Waals surface area contributed by atoms with Gasteiger partial charge in [0.1, 0.15) is 0 Å². The minimum Gasteiger partial charge on any atom is -1.00 e. The van der Waals surface area contributed by atoms with E-state index in [1.54, 1.807) is 0 Å². The molecule has 0 unspecified atom stereocenters. The number of nitrogen functional groups attached to an aromatic ring is 4. The van der Waals surface area contributed by atoms with Gasteiger partial charge in [-0.3, -0.25) is 0 Å². The van der Waals surface area contributed by atoms with Crippen LogP contribution in [0.5, 0.6) is 0 Å². The fourth-order valence-corrected chi connectivity index (χ4v) is 2.72. The van der Waals surface area contributed by atoms with Gasteiger partial charge in [-0.2, -0.15) is 22.5 Å². The summed E-state index contributed by atoms with van der Waals surface area (Å²) in [5, 5.41) is 17.2. The van der Waals surface area contributed by atoms with Crippen LogP contribution in [0.1, 0.15) is 0 Å². The standard InChI is InChI=1S/2C8H10N6.2ClH/c2*9-11-7-5-3-1-2-4-6(5)8(12-10)14-13-7;;/h2*1-4H,9-10H2,(H,11,13)(H,12,14);2*1H. The van der Waals surface area contributed by atoms with Crippen LogP contribution in [0, 0.1) is 0 Å². The Bertz CT molecular complexity index is 922. The average molecular weight is 453 g/mol. The van der Waals surface area contributed by atoms with Crippen molar-refractivity contribution in [3.05, 3.63) is 48.5 Å². The Hall–Kier alpha value is -3.26. The third-order valence-corrected chi connectivity index (χ3v) is 4.02. The summed E-state index contributed by atoms with van der Waals surface area (Å²) in [7, 11) is 0. The average Bonchev–Trinajstić information content (AvgIpc) is 2.78. The van der Waals surface area contributed by atoms with Gasteiger partial charge in [-0.25, -0.2) is 11.7 Å². The highest BCUT2D eigenvalue weighted by Crippen LogP contribution is 2.23. The molecule has 160 valence electrons. The van der Waals surface area contributed by atoms with E-state index in [2.05, 4.69) is 42.1 Å². The number of nitrogens with zero attached hydrogens (tertiary/aromatic N) is 2. The highest BCUT2D eigenvalue weighted by atomic mass is 35.5. The smallest absolute Gasteiger partial charge is 0.318 e. The Morgan fingerprint density at radius 3 is 1.17 bits per heavy atom. The first kappa shape index (κ1) is 24.8. The van der Waals surface area contributed by atoms with Crippen molar-refractivity contribution in [2.75, 3.05) is 21.7 Å². The number of anilines is 4. The van der Waals surface area contributed by atoms with Crippen molar-refractivity contribution in [2.24, 2.45) is 23.4 Å². The van der Waals surface area contributed by atoms with Gasteiger partial charge < -0.3 is 35.7 Å². The van der Waals surface area contributed by atoms with Crippen LogP contribution in [0.4, 0.5) is 23.3 Å². The second kappa shape index (κ2) is 11.7. The van der Waals surface area contributed by atoms with E-state index in [0.29, 0.717) is 23.3 Å². The molecule has 4 rings (SSSR count). The van der Waals surface area contributed by atoms with Crippen LogP contribution in [0.3, 0.4) is 0 Å². The molecule has 2 aromatic heterocycles.